The van der Waals surface area contributed by atoms with Gasteiger partial charge in [-0.15, -0.1) is 0 Å². The van der Waals surface area contributed by atoms with Gasteiger partial charge in [0.15, 0.2) is 0 Å². The third-order valence-electron chi connectivity index (χ3n) is 5.33. The molecule has 0 aromatic rings. The van der Waals surface area contributed by atoms with Crippen molar-refractivity contribution in [3.05, 3.63) is 0 Å². The minimum atomic E-state index is -2.08. The van der Waals surface area contributed by atoms with E-state index in [1.165, 1.54) is 6.92 Å². The van der Waals surface area contributed by atoms with Crippen molar-refractivity contribution in [2.45, 2.75) is 67.5 Å². The van der Waals surface area contributed by atoms with Gasteiger partial charge in [0.1, 0.15) is 23.9 Å². The van der Waals surface area contributed by atoms with E-state index >= 15 is 0 Å². The van der Waals surface area contributed by atoms with Gasteiger partial charge >= 0.3 is 0 Å². The van der Waals surface area contributed by atoms with Gasteiger partial charge < -0.3 is 45.3 Å². The number of aliphatic hydroxyl groups excluding tert-OH is 2. The highest BCUT2D eigenvalue weighted by molar-refractivity contribution is 5.10. The zero-order chi connectivity index (χ0) is 17.0. The number of hydrogen-bond donors (Lipinski definition) is 6. The predicted octanol–water partition coefficient (Wildman–Crippen LogP) is -3.13. The molecule has 3 rings (SSSR count). The van der Waals surface area contributed by atoms with Gasteiger partial charge in [0.25, 0.3) is 0 Å². The zero-order valence-corrected chi connectivity index (χ0v) is 13.5. The molecular formula is C14H26N2O7. The molecule has 1 aliphatic carbocycles. The summed E-state index contributed by atoms with van der Waals surface area (Å²) >= 11 is 0. The molecule has 9 heteroatoms. The van der Waals surface area contributed by atoms with Crippen molar-refractivity contribution in [3.63, 3.8) is 0 Å². The Hall–Kier alpha value is -0.360. The van der Waals surface area contributed by atoms with Crippen molar-refractivity contribution in [1.29, 1.82) is 0 Å². The maximum absolute atomic E-state index is 10.8. The van der Waals surface area contributed by atoms with Crippen LogP contribution in [0.2, 0.25) is 0 Å². The van der Waals surface area contributed by atoms with Gasteiger partial charge in [-0.25, -0.2) is 0 Å². The summed E-state index contributed by atoms with van der Waals surface area (Å²) in [5.74, 6) is -2.08. The van der Waals surface area contributed by atoms with Gasteiger partial charge in [-0.2, -0.15) is 0 Å². The molecule has 3 fully saturated rings. The summed E-state index contributed by atoms with van der Waals surface area (Å²) in [5.41, 5.74) is -1.57. The second kappa shape index (κ2) is 5.87. The fraction of sp³-hybridized carbons (Fsp3) is 1.00. The van der Waals surface area contributed by atoms with E-state index in [9.17, 15) is 20.4 Å². The molecule has 134 valence electrons. The summed E-state index contributed by atoms with van der Waals surface area (Å²) in [5, 5.41) is 48.1. The molecule has 0 radical (unpaired) electrons. The van der Waals surface area contributed by atoms with Gasteiger partial charge in [0.2, 0.25) is 12.1 Å². The van der Waals surface area contributed by atoms with E-state index in [4.69, 9.17) is 14.2 Å². The standard InChI is InChI=1S/C14H26N2O7/c1-13(19)4-5-21-12-14(13,20)23-10-7(16-3)8(17)6(15-2)9(18)11(10)22-12/h6-12,15-20H,4-5H2,1-3H3. The first kappa shape index (κ1) is 17.5. The first-order valence-corrected chi connectivity index (χ1v) is 7.87. The lowest BCUT2D eigenvalue weighted by Crippen LogP contribution is -2.79. The number of likely N-dealkylation sites (N-methyl/N-ethyl adjacent to an activating group) is 2. The van der Waals surface area contributed by atoms with E-state index in [2.05, 4.69) is 10.6 Å². The summed E-state index contributed by atoms with van der Waals surface area (Å²) in [4.78, 5) is 0. The summed E-state index contributed by atoms with van der Waals surface area (Å²) in [6, 6.07) is -1.24. The Kier molecular flexibility index (Phi) is 4.45. The molecule has 0 aromatic carbocycles. The highest BCUT2D eigenvalue weighted by atomic mass is 16.8. The van der Waals surface area contributed by atoms with E-state index in [0.717, 1.165) is 0 Å². The molecule has 0 aromatic heterocycles. The minimum Gasteiger partial charge on any atom is -0.390 e. The number of rotatable bonds is 2. The van der Waals surface area contributed by atoms with Crippen molar-refractivity contribution in [1.82, 2.24) is 10.6 Å². The summed E-state index contributed by atoms with van der Waals surface area (Å²) < 4.78 is 16.9. The van der Waals surface area contributed by atoms with Gasteiger partial charge in [-0.1, -0.05) is 0 Å². The molecule has 1 saturated carbocycles. The Bertz CT molecular complexity index is 451. The van der Waals surface area contributed by atoms with Crippen LogP contribution in [0.4, 0.5) is 0 Å². The second-order valence-electron chi connectivity index (χ2n) is 6.72. The van der Waals surface area contributed by atoms with E-state index in [1.807, 2.05) is 0 Å². The normalized spacial score (nSPS) is 56.7. The molecule has 3 aliphatic rings. The molecule has 9 nitrogen and oxygen atoms in total. The largest absolute Gasteiger partial charge is 0.390 e. The molecule has 6 N–H and O–H groups in total. The molecule has 9 unspecified atom stereocenters. The molecular weight excluding hydrogens is 308 g/mol. The van der Waals surface area contributed by atoms with Crippen LogP contribution in [0.3, 0.4) is 0 Å². The molecule has 2 aliphatic heterocycles. The lowest BCUT2D eigenvalue weighted by molar-refractivity contribution is -0.473. The fourth-order valence-corrected chi connectivity index (χ4v) is 3.77. The van der Waals surface area contributed by atoms with Gasteiger partial charge in [-0.05, 0) is 21.0 Å². The maximum Gasteiger partial charge on any atom is 0.248 e. The molecule has 2 heterocycles. The van der Waals surface area contributed by atoms with Crippen LogP contribution >= 0.6 is 0 Å². The molecule has 0 bridgehead atoms. The minimum absolute atomic E-state index is 0.176. The zero-order valence-electron chi connectivity index (χ0n) is 13.5. The Morgan fingerprint density at radius 2 is 1.65 bits per heavy atom. The smallest absolute Gasteiger partial charge is 0.248 e. The van der Waals surface area contributed by atoms with Crippen molar-refractivity contribution < 1.29 is 34.6 Å². The highest BCUT2D eigenvalue weighted by Gasteiger charge is 2.66. The Labute approximate surface area is 134 Å². The number of fused-ring (bicyclic) bond motifs is 2. The van der Waals surface area contributed by atoms with Crippen LogP contribution in [0.5, 0.6) is 0 Å². The van der Waals surface area contributed by atoms with E-state index in [1.54, 1.807) is 14.1 Å². The topological polar surface area (TPSA) is 133 Å². The first-order valence-electron chi connectivity index (χ1n) is 7.87. The predicted molar refractivity (Wildman–Crippen MR) is 77.4 cm³/mol. The second-order valence-corrected chi connectivity index (χ2v) is 6.72. The van der Waals surface area contributed by atoms with Crippen LogP contribution in [-0.4, -0.2) is 95.3 Å². The third-order valence-corrected chi connectivity index (χ3v) is 5.33. The van der Waals surface area contributed by atoms with E-state index in [0.29, 0.717) is 0 Å². The van der Waals surface area contributed by atoms with Crippen LogP contribution in [0.15, 0.2) is 0 Å². The van der Waals surface area contributed by atoms with Crippen molar-refractivity contribution >= 4 is 0 Å². The SMILES string of the molecule is CNC1C(O)C(NC)C2OC3(O)C(OCCC3(C)O)OC2C1O. The monoisotopic (exact) mass is 334 g/mol. The Morgan fingerprint density at radius 3 is 2.26 bits per heavy atom. The summed E-state index contributed by atoms with van der Waals surface area (Å²) in [6.45, 7) is 1.65. The van der Waals surface area contributed by atoms with Crippen molar-refractivity contribution in [2.24, 2.45) is 0 Å². The lowest BCUT2D eigenvalue weighted by Gasteiger charge is -2.58. The van der Waals surface area contributed by atoms with E-state index in [-0.39, 0.29) is 13.0 Å². The van der Waals surface area contributed by atoms with Gasteiger partial charge in [0.05, 0.1) is 24.8 Å². The van der Waals surface area contributed by atoms with Crippen LogP contribution in [0.1, 0.15) is 13.3 Å². The average molecular weight is 334 g/mol. The number of hydrogen-bond acceptors (Lipinski definition) is 9. The maximum atomic E-state index is 10.8. The van der Waals surface area contributed by atoms with Crippen molar-refractivity contribution in [2.75, 3.05) is 20.7 Å². The number of aliphatic hydroxyl groups is 4. The van der Waals surface area contributed by atoms with Crippen LogP contribution in [-0.2, 0) is 14.2 Å². The van der Waals surface area contributed by atoms with Crippen LogP contribution < -0.4 is 10.6 Å². The quantitative estimate of drug-likeness (QED) is 0.310. The average Bonchev–Trinajstić information content (AvgIpc) is 2.48. The Balaban J connectivity index is 1.94. The first-order chi connectivity index (χ1) is 10.8. The highest BCUT2D eigenvalue weighted by Crippen LogP contribution is 2.44. The molecule has 0 amide bonds. The van der Waals surface area contributed by atoms with Crippen molar-refractivity contribution in [3.8, 4) is 0 Å². The summed E-state index contributed by atoms with van der Waals surface area (Å²) in [6.07, 6.45) is -4.76. The third kappa shape index (κ3) is 2.43. The van der Waals surface area contributed by atoms with Gasteiger partial charge in [0, 0.05) is 6.42 Å². The summed E-state index contributed by atoms with van der Waals surface area (Å²) in [7, 11) is 3.27. The fourth-order valence-electron chi connectivity index (χ4n) is 3.77. The lowest BCUT2D eigenvalue weighted by atomic mass is 9.79. The molecule has 9 atom stereocenters. The number of ether oxygens (including phenoxy) is 3. The molecule has 23 heavy (non-hydrogen) atoms. The van der Waals surface area contributed by atoms with E-state index < -0.39 is 54.2 Å². The Morgan fingerprint density at radius 1 is 1.00 bits per heavy atom. The molecule has 0 spiro atoms. The number of nitrogens with one attached hydrogen (secondary N) is 2. The van der Waals surface area contributed by atoms with Gasteiger partial charge in [-0.3, -0.25) is 0 Å². The van der Waals surface area contributed by atoms with Crippen LogP contribution in [0, 0.1) is 0 Å². The molecule has 2 saturated heterocycles. The van der Waals surface area contributed by atoms with Crippen LogP contribution in [0.25, 0.3) is 0 Å².